The lowest BCUT2D eigenvalue weighted by Gasteiger charge is -2.49. The van der Waals surface area contributed by atoms with Crippen molar-refractivity contribution in [3.05, 3.63) is 12.2 Å². The Morgan fingerprint density at radius 1 is 1.21 bits per heavy atom. The van der Waals surface area contributed by atoms with Crippen molar-refractivity contribution in [1.82, 2.24) is 0 Å². The summed E-state index contributed by atoms with van der Waals surface area (Å²) in [6.45, 7) is 18.0. The van der Waals surface area contributed by atoms with Crippen LogP contribution in [0.2, 0.25) is 18.1 Å². The van der Waals surface area contributed by atoms with Gasteiger partial charge in [-0.15, -0.1) is 6.58 Å². The van der Waals surface area contributed by atoms with E-state index in [2.05, 4.69) is 48.1 Å². The van der Waals surface area contributed by atoms with Crippen LogP contribution in [0.1, 0.15) is 86.5 Å². The first-order valence-corrected chi connectivity index (χ1v) is 14.6. The van der Waals surface area contributed by atoms with Crippen LogP contribution in [0, 0.1) is 29.1 Å². The summed E-state index contributed by atoms with van der Waals surface area (Å²) < 4.78 is 7.06. The first-order chi connectivity index (χ1) is 13.3. The van der Waals surface area contributed by atoms with E-state index in [0.717, 1.165) is 12.8 Å². The second-order valence-corrected chi connectivity index (χ2v) is 15.0. The van der Waals surface area contributed by atoms with E-state index >= 15 is 0 Å². The molecule has 2 aliphatic carbocycles. The fourth-order valence-electron chi connectivity index (χ4n) is 6.65. The van der Waals surface area contributed by atoms with Crippen LogP contribution in [-0.4, -0.2) is 20.7 Å². The molecule has 0 amide bonds. The summed E-state index contributed by atoms with van der Waals surface area (Å²) in [6.07, 6.45) is 10.1. The third kappa shape index (κ3) is 4.83. The number of carbonyl (C=O) groups is 1. The van der Waals surface area contributed by atoms with Crippen LogP contribution < -0.4 is 0 Å². The monoisotopic (exact) mass is 406 g/mol. The van der Waals surface area contributed by atoms with Gasteiger partial charge in [-0.1, -0.05) is 46.6 Å². The molecule has 0 bridgehead atoms. The predicted molar refractivity (Wildman–Crippen MR) is 123 cm³/mol. The van der Waals surface area contributed by atoms with Crippen LogP contribution in [0.3, 0.4) is 0 Å². The molecular formula is C25H46O2Si. The van der Waals surface area contributed by atoms with Crippen LogP contribution in [0.5, 0.6) is 0 Å². The largest absolute Gasteiger partial charge is 0.414 e. The van der Waals surface area contributed by atoms with Crippen LogP contribution in [-0.2, 0) is 9.22 Å². The van der Waals surface area contributed by atoms with Gasteiger partial charge < -0.3 is 9.22 Å². The van der Waals surface area contributed by atoms with Crippen LogP contribution in [0.15, 0.2) is 12.2 Å². The third-order valence-corrected chi connectivity index (χ3v) is 13.5. The van der Waals surface area contributed by atoms with E-state index in [1.54, 1.807) is 0 Å². The Kier molecular flexibility index (Phi) is 8.58. The van der Waals surface area contributed by atoms with Crippen LogP contribution >= 0.6 is 0 Å². The summed E-state index contributed by atoms with van der Waals surface area (Å²) >= 11 is 0. The van der Waals surface area contributed by atoms with E-state index < -0.39 is 8.32 Å². The van der Waals surface area contributed by atoms with E-state index in [4.69, 9.17) is 4.43 Å². The van der Waals surface area contributed by atoms with Crippen LogP contribution in [0.4, 0.5) is 0 Å². The summed E-state index contributed by atoms with van der Waals surface area (Å²) in [6, 6.07) is 3.73. The molecule has 0 aliphatic heterocycles. The number of rotatable bonds is 11. The minimum Gasteiger partial charge on any atom is -0.414 e. The standard InChI is InChI=1S/C25H46O2Si/c1-8-28(9-2,10-3)27-24-12-11-17-25(7)22(15-16-23(24)25)20(6)21(18-26)14-13-19(4)5/h18,20-24H,4,8-17H2,1-3,5-7H3/t20-,21?,22?,23?,24+,25-/m1/s1. The number of hydrogen-bond acceptors (Lipinski definition) is 2. The Hall–Kier alpha value is -0.413. The zero-order valence-electron chi connectivity index (χ0n) is 19.6. The highest BCUT2D eigenvalue weighted by atomic mass is 28.4. The number of fused-ring (bicyclic) bond motifs is 1. The summed E-state index contributed by atoms with van der Waals surface area (Å²) in [4.78, 5) is 11.9. The highest BCUT2D eigenvalue weighted by molar-refractivity contribution is 6.73. The highest BCUT2D eigenvalue weighted by Crippen LogP contribution is 2.59. The molecule has 0 aromatic heterocycles. The average Bonchev–Trinajstić information content (AvgIpc) is 3.04. The van der Waals surface area contributed by atoms with Gasteiger partial charge in [0, 0.05) is 12.0 Å². The molecular weight excluding hydrogens is 360 g/mol. The Labute approximate surface area is 176 Å². The second-order valence-electron chi connectivity index (χ2n) is 10.2. The van der Waals surface area contributed by atoms with Gasteiger partial charge in [-0.05, 0) is 86.7 Å². The van der Waals surface area contributed by atoms with Gasteiger partial charge in [0.15, 0.2) is 8.32 Å². The van der Waals surface area contributed by atoms with Crippen molar-refractivity contribution in [3.63, 3.8) is 0 Å². The highest BCUT2D eigenvalue weighted by Gasteiger charge is 2.54. The molecule has 3 unspecified atom stereocenters. The molecule has 2 aliphatic rings. The second kappa shape index (κ2) is 10.1. The molecule has 0 aromatic carbocycles. The molecule has 2 fully saturated rings. The molecule has 2 saturated carbocycles. The Bertz CT molecular complexity index is 518. The number of allylic oxidation sites excluding steroid dienone is 1. The lowest BCUT2D eigenvalue weighted by molar-refractivity contribution is -0.114. The van der Waals surface area contributed by atoms with E-state index in [1.807, 2.05) is 0 Å². The Balaban J connectivity index is 2.16. The van der Waals surface area contributed by atoms with Gasteiger partial charge in [0.25, 0.3) is 0 Å². The van der Waals surface area contributed by atoms with Crippen molar-refractivity contribution in [3.8, 4) is 0 Å². The molecule has 0 spiro atoms. The van der Waals surface area contributed by atoms with Crippen molar-refractivity contribution < 1.29 is 9.22 Å². The predicted octanol–water partition coefficient (Wildman–Crippen LogP) is 7.40. The first-order valence-electron chi connectivity index (χ1n) is 12.0. The fraction of sp³-hybridized carbons (Fsp3) is 0.880. The molecule has 28 heavy (non-hydrogen) atoms. The van der Waals surface area contributed by atoms with Crippen molar-refractivity contribution in [2.75, 3.05) is 0 Å². The minimum atomic E-state index is -1.57. The fourth-order valence-corrected chi connectivity index (χ4v) is 9.58. The van der Waals surface area contributed by atoms with Gasteiger partial charge in [-0.3, -0.25) is 0 Å². The molecule has 0 radical (unpaired) electrons. The molecule has 3 heteroatoms. The smallest absolute Gasteiger partial charge is 0.192 e. The quantitative estimate of drug-likeness (QED) is 0.203. The SMILES string of the molecule is C=C(C)CCC(C=O)[C@@H](C)C1CCC2[C@@H](O[Si](CC)(CC)CC)CCC[C@]12C. The van der Waals surface area contributed by atoms with Gasteiger partial charge in [-0.2, -0.15) is 0 Å². The molecule has 162 valence electrons. The van der Waals surface area contributed by atoms with Crippen molar-refractivity contribution in [2.45, 2.75) is 111 Å². The van der Waals surface area contributed by atoms with Gasteiger partial charge >= 0.3 is 0 Å². The number of carbonyl (C=O) groups excluding carboxylic acids is 1. The van der Waals surface area contributed by atoms with Crippen molar-refractivity contribution in [2.24, 2.45) is 29.1 Å². The number of hydrogen-bond donors (Lipinski definition) is 0. The van der Waals surface area contributed by atoms with E-state index in [0.29, 0.717) is 29.3 Å². The topological polar surface area (TPSA) is 26.3 Å². The summed E-state index contributed by atoms with van der Waals surface area (Å²) in [5.41, 5.74) is 1.54. The molecule has 2 rings (SSSR count). The van der Waals surface area contributed by atoms with Crippen LogP contribution in [0.25, 0.3) is 0 Å². The van der Waals surface area contributed by atoms with Crippen molar-refractivity contribution >= 4 is 14.6 Å². The summed E-state index contributed by atoms with van der Waals surface area (Å²) in [7, 11) is -1.57. The van der Waals surface area contributed by atoms with Gasteiger partial charge in [0.2, 0.25) is 0 Å². The Morgan fingerprint density at radius 3 is 2.39 bits per heavy atom. The molecule has 2 nitrogen and oxygen atoms in total. The zero-order valence-corrected chi connectivity index (χ0v) is 20.6. The van der Waals surface area contributed by atoms with Gasteiger partial charge in [-0.25, -0.2) is 0 Å². The third-order valence-electron chi connectivity index (χ3n) is 8.86. The maximum Gasteiger partial charge on any atom is 0.192 e. The lowest BCUT2D eigenvalue weighted by Crippen LogP contribution is -2.49. The van der Waals surface area contributed by atoms with E-state index in [-0.39, 0.29) is 5.92 Å². The Morgan fingerprint density at radius 2 is 1.86 bits per heavy atom. The number of aldehydes is 1. The lowest BCUT2D eigenvalue weighted by atomic mass is 9.60. The maximum atomic E-state index is 11.9. The molecule has 0 saturated heterocycles. The molecule has 6 atom stereocenters. The van der Waals surface area contributed by atoms with E-state index in [1.165, 1.54) is 62.1 Å². The summed E-state index contributed by atoms with van der Waals surface area (Å²) in [5, 5.41) is 0. The van der Waals surface area contributed by atoms with Crippen molar-refractivity contribution in [1.29, 1.82) is 0 Å². The normalized spacial score (nSPS) is 32.6. The van der Waals surface area contributed by atoms with Gasteiger partial charge in [0.05, 0.1) is 0 Å². The molecule has 0 aromatic rings. The van der Waals surface area contributed by atoms with Gasteiger partial charge in [0.1, 0.15) is 6.29 Å². The van der Waals surface area contributed by atoms with E-state index in [9.17, 15) is 4.79 Å². The zero-order chi connectivity index (χ0) is 20.9. The first kappa shape index (κ1) is 23.9. The minimum absolute atomic E-state index is 0.175. The molecule has 0 heterocycles. The maximum absolute atomic E-state index is 11.9. The summed E-state index contributed by atoms with van der Waals surface area (Å²) in [5.74, 6) is 1.99. The molecule has 0 N–H and O–H groups in total. The average molecular weight is 407 g/mol.